The van der Waals surface area contributed by atoms with Crippen LogP contribution >= 0.6 is 0 Å². The Morgan fingerprint density at radius 1 is 1.23 bits per heavy atom. The molecule has 122 valence electrons. The van der Waals surface area contributed by atoms with Crippen molar-refractivity contribution in [1.29, 1.82) is 0 Å². The standard InChI is InChI=1S/C20H30O2/c1-13(2)15-10-14-6-7-18-19(3,12-21)8-5-9-20(18,4)16(14)11-17(15)22/h10-11,13,18,21-22H,5-9,12H2,1-4H3/t18-,19+,20+/m0/s1. The molecular formula is C20H30O2. The van der Waals surface area contributed by atoms with Gasteiger partial charge >= 0.3 is 0 Å². The molecule has 0 bridgehead atoms. The monoisotopic (exact) mass is 302 g/mol. The minimum atomic E-state index is 0.0248. The second-order valence-electron chi connectivity index (χ2n) is 8.40. The molecule has 1 saturated carbocycles. The summed E-state index contributed by atoms with van der Waals surface area (Å²) in [6.45, 7) is 9.16. The highest BCUT2D eigenvalue weighted by molar-refractivity contribution is 5.48. The molecule has 0 saturated heterocycles. The highest BCUT2D eigenvalue weighted by Gasteiger charge is 2.51. The third kappa shape index (κ3) is 2.19. The second kappa shape index (κ2) is 5.26. The number of fused-ring (bicyclic) bond motifs is 3. The van der Waals surface area contributed by atoms with Crippen LogP contribution in [0.3, 0.4) is 0 Å². The molecular weight excluding hydrogens is 272 g/mol. The lowest BCUT2D eigenvalue weighted by Gasteiger charge is -2.55. The number of phenols is 1. The Morgan fingerprint density at radius 3 is 2.59 bits per heavy atom. The van der Waals surface area contributed by atoms with Crippen LogP contribution in [0, 0.1) is 11.3 Å². The fourth-order valence-electron chi connectivity index (χ4n) is 5.31. The lowest BCUT2D eigenvalue weighted by Crippen LogP contribution is -2.50. The first-order valence-electron chi connectivity index (χ1n) is 8.79. The summed E-state index contributed by atoms with van der Waals surface area (Å²) in [5, 5.41) is 20.5. The smallest absolute Gasteiger partial charge is 0.119 e. The first kappa shape index (κ1) is 15.9. The number of benzene rings is 1. The summed E-state index contributed by atoms with van der Waals surface area (Å²) in [4.78, 5) is 0. The van der Waals surface area contributed by atoms with E-state index in [9.17, 15) is 10.2 Å². The highest BCUT2D eigenvalue weighted by Crippen LogP contribution is 2.57. The number of rotatable bonds is 2. The van der Waals surface area contributed by atoms with Crippen molar-refractivity contribution in [2.75, 3.05) is 6.61 Å². The lowest BCUT2D eigenvalue weighted by atomic mass is 9.50. The van der Waals surface area contributed by atoms with Crippen LogP contribution in [0.4, 0.5) is 0 Å². The normalized spacial score (nSPS) is 34.4. The summed E-state index contributed by atoms with van der Waals surface area (Å²) >= 11 is 0. The molecule has 3 atom stereocenters. The Labute approximate surface area is 134 Å². The Kier molecular flexibility index (Phi) is 3.79. The molecule has 2 N–H and O–H groups in total. The maximum absolute atomic E-state index is 10.5. The molecule has 0 amide bonds. The molecule has 0 aromatic heterocycles. The van der Waals surface area contributed by atoms with Crippen LogP contribution in [-0.2, 0) is 11.8 Å². The van der Waals surface area contributed by atoms with Crippen molar-refractivity contribution in [1.82, 2.24) is 0 Å². The van der Waals surface area contributed by atoms with Gasteiger partial charge < -0.3 is 10.2 Å². The average molecular weight is 302 g/mol. The highest BCUT2D eigenvalue weighted by atomic mass is 16.3. The van der Waals surface area contributed by atoms with Crippen LogP contribution in [-0.4, -0.2) is 16.8 Å². The first-order chi connectivity index (χ1) is 10.3. The average Bonchev–Trinajstić information content (AvgIpc) is 2.47. The van der Waals surface area contributed by atoms with Gasteiger partial charge in [-0.05, 0) is 71.1 Å². The van der Waals surface area contributed by atoms with Gasteiger partial charge in [-0.1, -0.05) is 40.2 Å². The van der Waals surface area contributed by atoms with E-state index in [-0.39, 0.29) is 17.4 Å². The Bertz CT molecular complexity index is 577. The predicted molar refractivity (Wildman–Crippen MR) is 90.4 cm³/mol. The molecule has 0 spiro atoms. The molecule has 1 fully saturated rings. The summed E-state index contributed by atoms with van der Waals surface area (Å²) in [6, 6.07) is 4.28. The van der Waals surface area contributed by atoms with Gasteiger partial charge in [-0.2, -0.15) is 0 Å². The van der Waals surface area contributed by atoms with E-state index in [0.717, 1.165) is 31.2 Å². The van der Waals surface area contributed by atoms with Gasteiger partial charge in [0.25, 0.3) is 0 Å². The zero-order valence-electron chi connectivity index (χ0n) is 14.4. The van der Waals surface area contributed by atoms with Crippen molar-refractivity contribution in [2.24, 2.45) is 11.3 Å². The van der Waals surface area contributed by atoms with Crippen molar-refractivity contribution in [3.8, 4) is 5.75 Å². The topological polar surface area (TPSA) is 40.5 Å². The van der Waals surface area contributed by atoms with Crippen LogP contribution in [0.1, 0.15) is 76.0 Å². The third-order valence-electron chi connectivity index (χ3n) is 6.61. The van der Waals surface area contributed by atoms with Gasteiger partial charge in [-0.25, -0.2) is 0 Å². The number of phenolic OH excluding ortho intramolecular Hbond substituents is 1. The lowest BCUT2D eigenvalue weighted by molar-refractivity contribution is -0.0179. The van der Waals surface area contributed by atoms with Crippen molar-refractivity contribution >= 4 is 0 Å². The van der Waals surface area contributed by atoms with Gasteiger partial charge in [-0.3, -0.25) is 0 Å². The summed E-state index contributed by atoms with van der Waals surface area (Å²) in [5.74, 6) is 1.31. The molecule has 1 aromatic carbocycles. The van der Waals surface area contributed by atoms with Gasteiger partial charge in [0, 0.05) is 6.61 Å². The number of aromatic hydroxyl groups is 1. The van der Waals surface area contributed by atoms with Crippen LogP contribution in [0.15, 0.2) is 12.1 Å². The maximum atomic E-state index is 10.5. The molecule has 0 unspecified atom stereocenters. The Hall–Kier alpha value is -1.02. The number of aliphatic hydroxyl groups is 1. The quantitative estimate of drug-likeness (QED) is 0.843. The van der Waals surface area contributed by atoms with Crippen molar-refractivity contribution in [3.05, 3.63) is 28.8 Å². The summed E-state index contributed by atoms with van der Waals surface area (Å²) in [5.41, 5.74) is 3.95. The number of aliphatic hydroxyl groups excluding tert-OH is 1. The van der Waals surface area contributed by atoms with Crippen LogP contribution < -0.4 is 0 Å². The minimum absolute atomic E-state index is 0.0248. The molecule has 1 aromatic rings. The molecule has 0 aliphatic heterocycles. The number of aryl methyl sites for hydroxylation is 1. The number of hydrogen-bond donors (Lipinski definition) is 2. The van der Waals surface area contributed by atoms with E-state index >= 15 is 0 Å². The second-order valence-corrected chi connectivity index (χ2v) is 8.40. The van der Waals surface area contributed by atoms with E-state index in [2.05, 4.69) is 33.8 Å². The van der Waals surface area contributed by atoms with Crippen LogP contribution in [0.25, 0.3) is 0 Å². The van der Waals surface area contributed by atoms with Gasteiger partial charge in [-0.15, -0.1) is 0 Å². The molecule has 0 radical (unpaired) electrons. The molecule has 2 nitrogen and oxygen atoms in total. The van der Waals surface area contributed by atoms with Crippen molar-refractivity contribution in [2.45, 2.75) is 71.1 Å². The summed E-state index contributed by atoms with van der Waals surface area (Å²) < 4.78 is 0. The van der Waals surface area contributed by atoms with Crippen molar-refractivity contribution in [3.63, 3.8) is 0 Å². The Balaban J connectivity index is 2.11. The van der Waals surface area contributed by atoms with Crippen LogP contribution in [0.2, 0.25) is 0 Å². The van der Waals surface area contributed by atoms with Gasteiger partial charge in [0.2, 0.25) is 0 Å². The predicted octanol–water partition coefficient (Wildman–Crippen LogP) is 4.52. The molecule has 3 rings (SSSR count). The fourth-order valence-corrected chi connectivity index (χ4v) is 5.31. The van der Waals surface area contributed by atoms with E-state index < -0.39 is 0 Å². The van der Waals surface area contributed by atoms with E-state index in [1.165, 1.54) is 17.5 Å². The zero-order chi connectivity index (χ0) is 16.1. The molecule has 22 heavy (non-hydrogen) atoms. The maximum Gasteiger partial charge on any atom is 0.119 e. The SMILES string of the molecule is CC(C)c1cc2c(cc1O)[C@@]1(C)CCC[C@](C)(CO)[C@@H]1CC2. The largest absolute Gasteiger partial charge is 0.508 e. The van der Waals surface area contributed by atoms with Crippen LogP contribution in [0.5, 0.6) is 5.75 Å². The summed E-state index contributed by atoms with van der Waals surface area (Å²) in [7, 11) is 0. The molecule has 2 aliphatic rings. The van der Waals surface area contributed by atoms with Gasteiger partial charge in [0.15, 0.2) is 0 Å². The van der Waals surface area contributed by atoms with E-state index in [0.29, 0.717) is 17.6 Å². The van der Waals surface area contributed by atoms with Gasteiger partial charge in [0.1, 0.15) is 5.75 Å². The molecule has 0 heterocycles. The van der Waals surface area contributed by atoms with E-state index in [1.54, 1.807) is 0 Å². The number of hydrogen-bond acceptors (Lipinski definition) is 2. The van der Waals surface area contributed by atoms with Gasteiger partial charge in [0.05, 0.1) is 0 Å². The fraction of sp³-hybridized carbons (Fsp3) is 0.700. The third-order valence-corrected chi connectivity index (χ3v) is 6.61. The molecule has 2 aliphatic carbocycles. The van der Waals surface area contributed by atoms with E-state index in [1.807, 2.05) is 6.07 Å². The van der Waals surface area contributed by atoms with Crippen molar-refractivity contribution < 1.29 is 10.2 Å². The summed E-state index contributed by atoms with van der Waals surface area (Å²) in [6.07, 6.45) is 5.68. The Morgan fingerprint density at radius 2 is 1.95 bits per heavy atom. The molecule has 2 heteroatoms. The van der Waals surface area contributed by atoms with E-state index in [4.69, 9.17) is 0 Å². The minimum Gasteiger partial charge on any atom is -0.508 e. The first-order valence-corrected chi connectivity index (χ1v) is 8.79. The zero-order valence-corrected chi connectivity index (χ0v) is 14.4.